The second kappa shape index (κ2) is 6.37. The van der Waals surface area contributed by atoms with Crippen LogP contribution in [0.2, 0.25) is 5.02 Å². The van der Waals surface area contributed by atoms with Crippen molar-refractivity contribution in [3.05, 3.63) is 64.2 Å². The Morgan fingerprint density at radius 3 is 2.50 bits per heavy atom. The summed E-state index contributed by atoms with van der Waals surface area (Å²) in [4.78, 5) is 12.2. The molecule has 3 N–H and O–H groups in total. The van der Waals surface area contributed by atoms with Gasteiger partial charge in [-0.15, -0.1) is 0 Å². The van der Waals surface area contributed by atoms with Gasteiger partial charge in [-0.1, -0.05) is 29.8 Å². The number of halogens is 4. The second-order valence-electron chi connectivity index (χ2n) is 4.51. The predicted octanol–water partition coefficient (Wildman–Crippen LogP) is 4.07. The minimum atomic E-state index is -4.59. The van der Waals surface area contributed by atoms with Gasteiger partial charge in [-0.3, -0.25) is 4.79 Å². The minimum absolute atomic E-state index is 0.00792. The van der Waals surface area contributed by atoms with Crippen LogP contribution in [0.1, 0.15) is 21.5 Å². The molecule has 0 heterocycles. The first-order chi connectivity index (χ1) is 10.3. The monoisotopic (exact) mass is 328 g/mol. The fourth-order valence-corrected chi connectivity index (χ4v) is 2.16. The Bertz CT molecular complexity index is 701. The molecule has 0 aromatic heterocycles. The molecule has 0 radical (unpaired) electrons. The second-order valence-corrected chi connectivity index (χ2v) is 4.91. The van der Waals surface area contributed by atoms with E-state index < -0.39 is 22.7 Å². The van der Waals surface area contributed by atoms with E-state index in [0.29, 0.717) is 11.1 Å². The van der Waals surface area contributed by atoms with Crippen molar-refractivity contribution in [1.82, 2.24) is 0 Å². The van der Waals surface area contributed by atoms with E-state index in [2.05, 4.69) is 5.32 Å². The highest BCUT2D eigenvalue weighted by molar-refractivity contribution is 6.31. The molecule has 22 heavy (non-hydrogen) atoms. The quantitative estimate of drug-likeness (QED) is 0.892. The smallest absolute Gasteiger partial charge is 0.326 e. The van der Waals surface area contributed by atoms with Crippen molar-refractivity contribution in [2.24, 2.45) is 5.73 Å². The molecule has 2 rings (SSSR count). The average molecular weight is 329 g/mol. The predicted molar refractivity (Wildman–Crippen MR) is 78.7 cm³/mol. The highest BCUT2D eigenvalue weighted by atomic mass is 35.5. The highest BCUT2D eigenvalue weighted by Crippen LogP contribution is 2.36. The first kappa shape index (κ1) is 16.3. The number of hydrogen-bond acceptors (Lipinski definition) is 2. The van der Waals surface area contributed by atoms with Crippen LogP contribution in [-0.4, -0.2) is 5.91 Å². The van der Waals surface area contributed by atoms with Gasteiger partial charge in [0, 0.05) is 17.8 Å². The molecule has 0 aliphatic heterocycles. The van der Waals surface area contributed by atoms with Gasteiger partial charge in [-0.2, -0.15) is 13.2 Å². The molecule has 7 heteroatoms. The van der Waals surface area contributed by atoms with E-state index in [0.717, 1.165) is 12.1 Å². The number of hydrogen-bond donors (Lipinski definition) is 2. The largest absolute Gasteiger partial charge is 0.417 e. The third-order valence-electron chi connectivity index (χ3n) is 3.01. The lowest BCUT2D eigenvalue weighted by atomic mass is 10.1. The number of alkyl halides is 3. The fraction of sp³-hybridized carbons (Fsp3) is 0.133. The first-order valence-electron chi connectivity index (χ1n) is 6.29. The zero-order valence-corrected chi connectivity index (χ0v) is 12.0. The number of nitrogens with one attached hydrogen (secondary N) is 1. The molecule has 3 nitrogen and oxygen atoms in total. The lowest BCUT2D eigenvalue weighted by Crippen LogP contribution is -2.16. The normalized spacial score (nSPS) is 11.3. The zero-order chi connectivity index (χ0) is 16.3. The number of rotatable bonds is 3. The van der Waals surface area contributed by atoms with Crippen LogP contribution in [-0.2, 0) is 12.7 Å². The van der Waals surface area contributed by atoms with Gasteiger partial charge in [0.05, 0.1) is 10.6 Å². The molecule has 0 atom stereocenters. The van der Waals surface area contributed by atoms with E-state index in [1.807, 2.05) is 0 Å². The van der Waals surface area contributed by atoms with Crippen LogP contribution < -0.4 is 11.1 Å². The number of amides is 1. The van der Waals surface area contributed by atoms with Gasteiger partial charge in [-0.25, -0.2) is 0 Å². The summed E-state index contributed by atoms with van der Waals surface area (Å²) in [5.74, 6) is -0.531. The number of carbonyl (C=O) groups excluding carboxylic acids is 1. The molecule has 0 aliphatic carbocycles. The summed E-state index contributed by atoms with van der Waals surface area (Å²) in [6, 6.07) is 9.80. The molecule has 0 spiro atoms. The average Bonchev–Trinajstić information content (AvgIpc) is 2.48. The molecule has 0 unspecified atom stereocenters. The van der Waals surface area contributed by atoms with Gasteiger partial charge in [-0.05, 0) is 29.8 Å². The molecular weight excluding hydrogens is 317 g/mol. The van der Waals surface area contributed by atoms with Crippen molar-refractivity contribution in [3.63, 3.8) is 0 Å². The maximum Gasteiger partial charge on any atom is 0.417 e. The van der Waals surface area contributed by atoms with Gasteiger partial charge >= 0.3 is 6.18 Å². The van der Waals surface area contributed by atoms with Crippen LogP contribution in [0.15, 0.2) is 42.5 Å². The molecule has 0 saturated carbocycles. The molecule has 116 valence electrons. The number of nitrogens with two attached hydrogens (primary N) is 1. The minimum Gasteiger partial charge on any atom is -0.326 e. The van der Waals surface area contributed by atoms with E-state index in [1.54, 1.807) is 24.3 Å². The Hall–Kier alpha value is -2.05. The van der Waals surface area contributed by atoms with Crippen LogP contribution in [0.25, 0.3) is 0 Å². The third-order valence-corrected chi connectivity index (χ3v) is 3.34. The molecule has 0 saturated heterocycles. The Balaban J connectivity index is 2.29. The van der Waals surface area contributed by atoms with Crippen molar-refractivity contribution < 1.29 is 18.0 Å². The molecule has 0 aliphatic rings. The van der Waals surface area contributed by atoms with Crippen LogP contribution in [0.5, 0.6) is 0 Å². The van der Waals surface area contributed by atoms with Gasteiger partial charge in [0.1, 0.15) is 0 Å². The summed E-state index contributed by atoms with van der Waals surface area (Å²) < 4.78 is 38.4. The van der Waals surface area contributed by atoms with Crippen molar-refractivity contribution in [2.45, 2.75) is 12.7 Å². The summed E-state index contributed by atoms with van der Waals surface area (Å²) in [5.41, 5.74) is 5.46. The van der Waals surface area contributed by atoms with Crippen LogP contribution in [0.4, 0.5) is 18.9 Å². The van der Waals surface area contributed by atoms with E-state index in [9.17, 15) is 18.0 Å². The molecule has 2 aromatic carbocycles. The van der Waals surface area contributed by atoms with Crippen molar-refractivity contribution in [1.29, 1.82) is 0 Å². The summed E-state index contributed by atoms with van der Waals surface area (Å²) in [5, 5.41) is 2.00. The lowest BCUT2D eigenvalue weighted by Gasteiger charge is -2.12. The highest BCUT2D eigenvalue weighted by Gasteiger charge is 2.33. The van der Waals surface area contributed by atoms with Crippen LogP contribution in [0.3, 0.4) is 0 Å². The van der Waals surface area contributed by atoms with E-state index in [-0.39, 0.29) is 12.2 Å². The first-order valence-corrected chi connectivity index (χ1v) is 6.67. The Morgan fingerprint density at radius 2 is 1.86 bits per heavy atom. The van der Waals surface area contributed by atoms with Crippen LogP contribution >= 0.6 is 11.6 Å². The van der Waals surface area contributed by atoms with Crippen molar-refractivity contribution >= 4 is 23.2 Å². The Labute approximate surface area is 129 Å². The number of benzene rings is 2. The van der Waals surface area contributed by atoms with Gasteiger partial charge in [0.2, 0.25) is 0 Å². The van der Waals surface area contributed by atoms with Crippen LogP contribution in [0, 0.1) is 0 Å². The van der Waals surface area contributed by atoms with E-state index in [1.165, 1.54) is 6.07 Å². The summed E-state index contributed by atoms with van der Waals surface area (Å²) in [6.45, 7) is 0.151. The molecular formula is C15H12ClF3N2O. The van der Waals surface area contributed by atoms with Gasteiger partial charge in [0.15, 0.2) is 0 Å². The number of anilines is 1. The lowest BCUT2D eigenvalue weighted by molar-refractivity contribution is -0.137. The van der Waals surface area contributed by atoms with Crippen molar-refractivity contribution in [3.8, 4) is 0 Å². The fourth-order valence-electron chi connectivity index (χ4n) is 1.94. The third kappa shape index (κ3) is 3.58. The van der Waals surface area contributed by atoms with E-state index >= 15 is 0 Å². The SMILES string of the molecule is NCc1ccccc1C(=O)Nc1ccc(Cl)c(C(F)(F)F)c1. The maximum atomic E-state index is 12.8. The Kier molecular flexibility index (Phi) is 4.73. The molecule has 0 bridgehead atoms. The summed E-state index contributed by atoms with van der Waals surface area (Å²) in [6.07, 6.45) is -4.59. The van der Waals surface area contributed by atoms with Gasteiger partial charge < -0.3 is 11.1 Å². The topological polar surface area (TPSA) is 55.1 Å². The van der Waals surface area contributed by atoms with Gasteiger partial charge in [0.25, 0.3) is 5.91 Å². The zero-order valence-electron chi connectivity index (χ0n) is 11.2. The maximum absolute atomic E-state index is 12.8. The summed E-state index contributed by atoms with van der Waals surface area (Å²) in [7, 11) is 0. The van der Waals surface area contributed by atoms with Crippen molar-refractivity contribution in [2.75, 3.05) is 5.32 Å². The Morgan fingerprint density at radius 1 is 1.18 bits per heavy atom. The van der Waals surface area contributed by atoms with E-state index in [4.69, 9.17) is 17.3 Å². The molecule has 2 aromatic rings. The standard InChI is InChI=1S/C15H12ClF3N2O/c16-13-6-5-10(7-12(13)15(17,18)19)21-14(22)11-4-2-1-3-9(11)8-20/h1-7H,8,20H2,(H,21,22). The molecule has 0 fully saturated rings. The number of carbonyl (C=O) groups is 1. The molecule has 1 amide bonds. The summed E-state index contributed by atoms with van der Waals surface area (Å²) >= 11 is 5.53.